The molecule has 0 fully saturated rings. The van der Waals surface area contributed by atoms with Crippen molar-refractivity contribution in [2.75, 3.05) is 0 Å². The summed E-state index contributed by atoms with van der Waals surface area (Å²) >= 11 is 11.0. The zero-order chi connectivity index (χ0) is 10.8. The van der Waals surface area contributed by atoms with Crippen molar-refractivity contribution >= 4 is 23.2 Å². The first-order valence-corrected chi connectivity index (χ1v) is 4.96. The molecule has 6 heteroatoms. The van der Waals surface area contributed by atoms with E-state index >= 15 is 0 Å². The molecule has 2 rings (SSSR count). The highest BCUT2D eigenvalue weighted by Crippen LogP contribution is 2.22. The lowest BCUT2D eigenvalue weighted by atomic mass is 10.2. The van der Waals surface area contributed by atoms with Crippen LogP contribution in [0.5, 0.6) is 0 Å². The van der Waals surface area contributed by atoms with Gasteiger partial charge in [0.05, 0.1) is 10.9 Å². The zero-order valence-corrected chi connectivity index (χ0v) is 8.89. The third-order valence-corrected chi connectivity index (χ3v) is 2.30. The highest BCUT2D eigenvalue weighted by atomic mass is 35.5. The van der Waals surface area contributed by atoms with Crippen LogP contribution in [0.25, 0.3) is 11.5 Å². The van der Waals surface area contributed by atoms with Crippen molar-refractivity contribution in [3.8, 4) is 11.5 Å². The molecule has 2 aromatic rings. The molecule has 0 amide bonds. The second-order valence-electron chi connectivity index (χ2n) is 2.78. The maximum Gasteiger partial charge on any atom is 0.258 e. The summed E-state index contributed by atoms with van der Waals surface area (Å²) in [5, 5.41) is 3.64. The molecule has 0 aliphatic rings. The largest absolute Gasteiger partial charge is 0.334 e. The molecule has 15 heavy (non-hydrogen) atoms. The summed E-state index contributed by atoms with van der Waals surface area (Å²) in [6, 6.07) is 4.25. The Labute approximate surface area is 94.8 Å². The molecule has 0 aliphatic heterocycles. The van der Waals surface area contributed by atoms with Gasteiger partial charge in [-0.15, -0.1) is 11.6 Å². The van der Waals surface area contributed by atoms with Gasteiger partial charge in [0.2, 0.25) is 0 Å². The average Bonchev–Trinajstić information content (AvgIpc) is 2.70. The predicted molar refractivity (Wildman–Crippen MR) is 54.3 cm³/mol. The number of nitrogens with zero attached hydrogens (tertiary/aromatic N) is 2. The lowest BCUT2D eigenvalue weighted by molar-refractivity contribution is 0.424. The van der Waals surface area contributed by atoms with Gasteiger partial charge < -0.3 is 4.52 Å². The fourth-order valence-electron chi connectivity index (χ4n) is 1.05. The first kappa shape index (κ1) is 10.4. The normalized spacial score (nSPS) is 10.6. The summed E-state index contributed by atoms with van der Waals surface area (Å²) in [6.45, 7) is 0. The highest BCUT2D eigenvalue weighted by Gasteiger charge is 2.10. The summed E-state index contributed by atoms with van der Waals surface area (Å²) in [5.41, 5.74) is 0.473. The van der Waals surface area contributed by atoms with Gasteiger partial charge in [0.15, 0.2) is 5.82 Å². The number of hydrogen-bond acceptors (Lipinski definition) is 3. The molecule has 0 aliphatic carbocycles. The molecule has 1 aromatic heterocycles. The van der Waals surface area contributed by atoms with Crippen LogP contribution < -0.4 is 0 Å². The van der Waals surface area contributed by atoms with E-state index in [2.05, 4.69) is 10.1 Å². The van der Waals surface area contributed by atoms with E-state index < -0.39 is 5.82 Å². The van der Waals surface area contributed by atoms with Gasteiger partial charge in [-0.1, -0.05) is 16.8 Å². The SMILES string of the molecule is Fc1cc(-c2nc(CCl)no2)ccc1Cl. The topological polar surface area (TPSA) is 38.9 Å². The summed E-state index contributed by atoms with van der Waals surface area (Å²) in [6.07, 6.45) is 0. The summed E-state index contributed by atoms with van der Waals surface area (Å²) in [4.78, 5) is 3.95. The van der Waals surface area contributed by atoms with E-state index in [1.807, 2.05) is 0 Å². The lowest BCUT2D eigenvalue weighted by Gasteiger charge is -1.95. The quantitative estimate of drug-likeness (QED) is 0.764. The molecule has 0 radical (unpaired) electrons. The smallest absolute Gasteiger partial charge is 0.258 e. The van der Waals surface area contributed by atoms with E-state index in [9.17, 15) is 4.39 Å². The summed E-state index contributed by atoms with van der Waals surface area (Å²) in [5.74, 6) is 0.211. The lowest BCUT2D eigenvalue weighted by Crippen LogP contribution is -1.83. The van der Waals surface area contributed by atoms with E-state index in [1.54, 1.807) is 6.07 Å². The molecular weight excluding hydrogens is 242 g/mol. The molecule has 0 N–H and O–H groups in total. The number of aromatic nitrogens is 2. The van der Waals surface area contributed by atoms with Crippen molar-refractivity contribution in [3.63, 3.8) is 0 Å². The van der Waals surface area contributed by atoms with Crippen molar-refractivity contribution < 1.29 is 8.91 Å². The van der Waals surface area contributed by atoms with Crippen LogP contribution in [-0.2, 0) is 5.88 Å². The maximum absolute atomic E-state index is 13.1. The van der Waals surface area contributed by atoms with Gasteiger partial charge in [0.1, 0.15) is 5.82 Å². The molecule has 78 valence electrons. The van der Waals surface area contributed by atoms with E-state index in [0.29, 0.717) is 11.4 Å². The zero-order valence-electron chi connectivity index (χ0n) is 7.38. The van der Waals surface area contributed by atoms with Crippen molar-refractivity contribution in [1.82, 2.24) is 10.1 Å². The van der Waals surface area contributed by atoms with Gasteiger partial charge in [-0.3, -0.25) is 0 Å². The fraction of sp³-hybridized carbons (Fsp3) is 0.111. The minimum absolute atomic E-state index is 0.0517. The number of rotatable bonds is 2. The second-order valence-corrected chi connectivity index (χ2v) is 3.45. The Morgan fingerprint density at radius 3 is 2.80 bits per heavy atom. The van der Waals surface area contributed by atoms with Gasteiger partial charge in [-0.2, -0.15) is 4.98 Å². The molecule has 0 atom stereocenters. The number of benzene rings is 1. The molecule has 0 spiro atoms. The summed E-state index contributed by atoms with van der Waals surface area (Å²) in [7, 11) is 0. The first-order valence-electron chi connectivity index (χ1n) is 4.04. The van der Waals surface area contributed by atoms with Crippen LogP contribution in [0.2, 0.25) is 5.02 Å². The Balaban J connectivity index is 2.40. The van der Waals surface area contributed by atoms with Crippen LogP contribution in [-0.4, -0.2) is 10.1 Å². The van der Waals surface area contributed by atoms with Crippen molar-refractivity contribution in [2.24, 2.45) is 0 Å². The van der Waals surface area contributed by atoms with Gasteiger partial charge in [0.25, 0.3) is 5.89 Å². The van der Waals surface area contributed by atoms with Gasteiger partial charge in [0, 0.05) is 5.56 Å². The third-order valence-electron chi connectivity index (χ3n) is 1.75. The molecule has 0 unspecified atom stereocenters. The Bertz CT molecular complexity index is 487. The predicted octanol–water partition coefficient (Wildman–Crippen LogP) is 3.27. The highest BCUT2D eigenvalue weighted by molar-refractivity contribution is 6.30. The van der Waals surface area contributed by atoms with Crippen LogP contribution in [0.4, 0.5) is 4.39 Å². The van der Waals surface area contributed by atoms with E-state index in [-0.39, 0.29) is 16.8 Å². The molecule has 0 bridgehead atoms. The summed E-state index contributed by atoms with van der Waals surface area (Å²) < 4.78 is 18.0. The Kier molecular flexibility index (Phi) is 2.88. The monoisotopic (exact) mass is 246 g/mol. The fourth-order valence-corrected chi connectivity index (χ4v) is 1.28. The maximum atomic E-state index is 13.1. The Morgan fingerprint density at radius 1 is 1.40 bits per heavy atom. The van der Waals surface area contributed by atoms with Crippen LogP contribution in [0.15, 0.2) is 22.7 Å². The molecule has 3 nitrogen and oxygen atoms in total. The minimum Gasteiger partial charge on any atom is -0.334 e. The van der Waals surface area contributed by atoms with Crippen molar-refractivity contribution in [3.05, 3.63) is 34.9 Å². The molecular formula is C9H5Cl2FN2O. The average molecular weight is 247 g/mol. The van der Waals surface area contributed by atoms with Crippen molar-refractivity contribution in [1.29, 1.82) is 0 Å². The Hall–Kier alpha value is -1.13. The van der Waals surface area contributed by atoms with Crippen molar-refractivity contribution in [2.45, 2.75) is 5.88 Å². The van der Waals surface area contributed by atoms with Crippen LogP contribution in [0.1, 0.15) is 5.82 Å². The molecule has 1 heterocycles. The van der Waals surface area contributed by atoms with Crippen LogP contribution in [0.3, 0.4) is 0 Å². The number of halogens is 3. The second kappa shape index (κ2) is 4.16. The number of alkyl halides is 1. The minimum atomic E-state index is -0.528. The van der Waals surface area contributed by atoms with Gasteiger partial charge >= 0.3 is 0 Å². The van der Waals surface area contributed by atoms with E-state index in [4.69, 9.17) is 27.7 Å². The number of hydrogen-bond donors (Lipinski definition) is 0. The third kappa shape index (κ3) is 2.11. The van der Waals surface area contributed by atoms with E-state index in [0.717, 1.165) is 0 Å². The van der Waals surface area contributed by atoms with Crippen LogP contribution >= 0.6 is 23.2 Å². The van der Waals surface area contributed by atoms with Crippen LogP contribution in [0, 0.1) is 5.82 Å². The Morgan fingerprint density at radius 2 is 2.20 bits per heavy atom. The van der Waals surface area contributed by atoms with E-state index in [1.165, 1.54) is 12.1 Å². The van der Waals surface area contributed by atoms with Gasteiger partial charge in [-0.05, 0) is 18.2 Å². The standard InChI is InChI=1S/C9H5Cl2FN2O/c10-4-8-13-9(15-14-8)5-1-2-6(11)7(12)3-5/h1-3H,4H2. The molecule has 1 aromatic carbocycles. The first-order chi connectivity index (χ1) is 7.20. The molecule has 0 saturated carbocycles. The van der Waals surface area contributed by atoms with Gasteiger partial charge in [-0.25, -0.2) is 4.39 Å². The molecule has 0 saturated heterocycles.